The molecule has 1 saturated heterocycles. The maximum absolute atomic E-state index is 12.5. The molecule has 1 fully saturated rings. The highest BCUT2D eigenvalue weighted by molar-refractivity contribution is 9.10. The largest absolute Gasteiger partial charge is 0.444 e. The van der Waals surface area contributed by atoms with Crippen molar-refractivity contribution in [1.82, 2.24) is 9.80 Å². The molecule has 1 aromatic rings. The molecule has 3 rings (SSSR count). The summed E-state index contributed by atoms with van der Waals surface area (Å²) in [5, 5.41) is 0. The maximum atomic E-state index is 12.5. The summed E-state index contributed by atoms with van der Waals surface area (Å²) in [6.45, 7) is 8.10. The molecule has 0 aromatic heterocycles. The zero-order chi connectivity index (χ0) is 18.4. The van der Waals surface area contributed by atoms with Gasteiger partial charge in [0.1, 0.15) is 5.60 Å². The van der Waals surface area contributed by atoms with Crippen LogP contribution in [0.3, 0.4) is 0 Å². The first-order valence-corrected chi connectivity index (χ1v) is 9.27. The molecular formula is C18H24BrN3O3. The lowest BCUT2D eigenvalue weighted by Crippen LogP contribution is -2.47. The minimum absolute atomic E-state index is 0.00824. The van der Waals surface area contributed by atoms with Crippen LogP contribution in [-0.2, 0) is 17.8 Å². The number of fused-ring (bicyclic) bond motifs is 1. The zero-order valence-electron chi connectivity index (χ0n) is 15.1. The average molecular weight is 410 g/mol. The van der Waals surface area contributed by atoms with Crippen LogP contribution in [0.1, 0.15) is 38.3 Å². The lowest BCUT2D eigenvalue weighted by Gasteiger charge is -2.34. The lowest BCUT2D eigenvalue weighted by atomic mass is 10.1. The smallest absolute Gasteiger partial charge is 0.410 e. The lowest BCUT2D eigenvalue weighted by molar-refractivity contribution is 0.0242. The van der Waals surface area contributed by atoms with E-state index >= 15 is 0 Å². The molecule has 2 aliphatic heterocycles. The Morgan fingerprint density at radius 3 is 2.44 bits per heavy atom. The van der Waals surface area contributed by atoms with Crippen molar-refractivity contribution in [2.75, 3.05) is 25.0 Å². The number of urea groups is 1. The molecule has 25 heavy (non-hydrogen) atoms. The van der Waals surface area contributed by atoms with Crippen LogP contribution < -0.4 is 4.90 Å². The van der Waals surface area contributed by atoms with E-state index in [9.17, 15) is 9.59 Å². The van der Waals surface area contributed by atoms with Crippen molar-refractivity contribution in [3.63, 3.8) is 0 Å². The van der Waals surface area contributed by atoms with Gasteiger partial charge >= 0.3 is 12.1 Å². The average Bonchev–Trinajstić information content (AvgIpc) is 2.91. The normalized spacial score (nSPS) is 17.8. The van der Waals surface area contributed by atoms with E-state index < -0.39 is 5.60 Å². The van der Waals surface area contributed by atoms with E-state index in [1.807, 2.05) is 40.0 Å². The maximum Gasteiger partial charge on any atom is 0.410 e. The molecule has 0 N–H and O–H groups in total. The van der Waals surface area contributed by atoms with Crippen LogP contribution in [0.2, 0.25) is 0 Å². The zero-order valence-corrected chi connectivity index (χ0v) is 16.7. The minimum atomic E-state index is -0.512. The van der Waals surface area contributed by atoms with E-state index in [-0.39, 0.29) is 12.1 Å². The summed E-state index contributed by atoms with van der Waals surface area (Å²) in [5.41, 5.74) is 2.49. The summed E-state index contributed by atoms with van der Waals surface area (Å²) in [6.07, 6.45) is 0.630. The van der Waals surface area contributed by atoms with Crippen LogP contribution in [0.15, 0.2) is 16.6 Å². The van der Waals surface area contributed by atoms with Gasteiger partial charge < -0.3 is 9.64 Å². The second-order valence-electron chi connectivity index (χ2n) is 7.62. The van der Waals surface area contributed by atoms with Gasteiger partial charge in [-0.1, -0.05) is 0 Å². The molecule has 0 saturated carbocycles. The number of nitrogens with zero attached hydrogens (tertiary/aromatic N) is 3. The second kappa shape index (κ2) is 6.52. The van der Waals surface area contributed by atoms with Crippen LogP contribution in [-0.4, -0.2) is 47.7 Å². The molecule has 2 heterocycles. The Morgan fingerprint density at radius 1 is 1.16 bits per heavy atom. The van der Waals surface area contributed by atoms with Gasteiger partial charge in [-0.2, -0.15) is 0 Å². The van der Waals surface area contributed by atoms with Crippen LogP contribution >= 0.6 is 15.9 Å². The summed E-state index contributed by atoms with van der Waals surface area (Å²) < 4.78 is 6.34. The molecule has 0 atom stereocenters. The summed E-state index contributed by atoms with van der Waals surface area (Å²) in [4.78, 5) is 30.0. The van der Waals surface area contributed by atoms with E-state index in [0.29, 0.717) is 19.6 Å². The van der Waals surface area contributed by atoms with Gasteiger partial charge in [-0.3, -0.25) is 9.80 Å². The standard InChI is InChI=1S/C18H24BrN3O3/c1-18(2,3)25-17(24)21-10-12-8-14(19)15(9-13(12)11-21)22-7-5-6-20(4)16(22)23/h8-9H,5-7,10-11H2,1-4H3. The van der Waals surface area contributed by atoms with Crippen molar-refractivity contribution >= 4 is 33.7 Å². The van der Waals surface area contributed by atoms with E-state index in [2.05, 4.69) is 15.9 Å². The number of hydrogen-bond donors (Lipinski definition) is 0. The molecule has 0 unspecified atom stereocenters. The number of anilines is 1. The monoisotopic (exact) mass is 409 g/mol. The Kier molecular flexibility index (Phi) is 4.70. The number of halogens is 1. The van der Waals surface area contributed by atoms with Gasteiger partial charge in [-0.15, -0.1) is 0 Å². The number of benzene rings is 1. The van der Waals surface area contributed by atoms with Gasteiger partial charge in [0.15, 0.2) is 0 Å². The third-order valence-corrected chi connectivity index (χ3v) is 5.00. The number of amides is 3. The first kappa shape index (κ1) is 18.0. The van der Waals surface area contributed by atoms with Crippen LogP contribution in [0.25, 0.3) is 0 Å². The second-order valence-corrected chi connectivity index (χ2v) is 8.47. The molecule has 3 amide bonds. The highest BCUT2D eigenvalue weighted by Gasteiger charge is 2.31. The Balaban J connectivity index is 1.81. The van der Waals surface area contributed by atoms with Crippen LogP contribution in [0.5, 0.6) is 0 Å². The van der Waals surface area contributed by atoms with Gasteiger partial charge in [-0.05, 0) is 66.4 Å². The van der Waals surface area contributed by atoms with E-state index in [1.165, 1.54) is 0 Å². The summed E-state index contributed by atoms with van der Waals surface area (Å²) in [6, 6.07) is 4.03. The Morgan fingerprint density at radius 2 is 1.80 bits per heavy atom. The van der Waals surface area contributed by atoms with E-state index in [0.717, 1.165) is 34.3 Å². The van der Waals surface area contributed by atoms with Gasteiger partial charge in [0.05, 0.1) is 5.69 Å². The summed E-state index contributed by atoms with van der Waals surface area (Å²) >= 11 is 3.59. The third-order valence-electron chi connectivity index (χ3n) is 4.37. The molecule has 136 valence electrons. The molecule has 1 aromatic carbocycles. The molecule has 0 spiro atoms. The van der Waals surface area contributed by atoms with Gasteiger partial charge in [0.2, 0.25) is 0 Å². The molecule has 2 aliphatic rings. The fourth-order valence-electron chi connectivity index (χ4n) is 3.16. The van der Waals surface area contributed by atoms with Crippen molar-refractivity contribution in [2.24, 2.45) is 0 Å². The van der Waals surface area contributed by atoms with Crippen LogP contribution in [0, 0.1) is 0 Å². The van der Waals surface area contributed by atoms with Gasteiger partial charge in [0, 0.05) is 37.7 Å². The number of rotatable bonds is 1. The summed E-state index contributed by atoms with van der Waals surface area (Å²) in [5.74, 6) is 0. The Labute approximate surface area is 156 Å². The number of carbonyl (C=O) groups excluding carboxylic acids is 2. The number of hydrogen-bond acceptors (Lipinski definition) is 3. The Hall–Kier alpha value is -1.76. The molecule has 0 aliphatic carbocycles. The molecule has 0 radical (unpaired) electrons. The quantitative estimate of drug-likeness (QED) is 0.704. The van der Waals surface area contributed by atoms with Crippen molar-refractivity contribution in [3.8, 4) is 0 Å². The van der Waals surface area contributed by atoms with Crippen molar-refractivity contribution in [1.29, 1.82) is 0 Å². The molecule has 7 heteroatoms. The first-order chi connectivity index (χ1) is 11.7. The summed E-state index contributed by atoms with van der Waals surface area (Å²) in [7, 11) is 1.82. The van der Waals surface area contributed by atoms with Gasteiger partial charge in [-0.25, -0.2) is 9.59 Å². The predicted octanol–water partition coefficient (Wildman–Crippen LogP) is 3.96. The highest BCUT2D eigenvalue weighted by atomic mass is 79.9. The highest BCUT2D eigenvalue weighted by Crippen LogP contribution is 2.35. The Bertz CT molecular complexity index is 714. The molecule has 0 bridgehead atoms. The third kappa shape index (κ3) is 3.76. The number of carbonyl (C=O) groups is 2. The minimum Gasteiger partial charge on any atom is -0.444 e. The molecule has 6 nitrogen and oxygen atoms in total. The fraction of sp³-hybridized carbons (Fsp3) is 0.556. The number of ether oxygens (including phenoxy) is 1. The van der Waals surface area contributed by atoms with Gasteiger partial charge in [0.25, 0.3) is 0 Å². The van der Waals surface area contributed by atoms with E-state index in [4.69, 9.17) is 4.74 Å². The SMILES string of the molecule is CN1CCCN(c2cc3c(cc2Br)CN(C(=O)OC(C)(C)C)C3)C1=O. The molecular weight excluding hydrogens is 386 g/mol. The van der Waals surface area contributed by atoms with Crippen molar-refractivity contribution in [2.45, 2.75) is 45.9 Å². The van der Waals surface area contributed by atoms with Crippen molar-refractivity contribution in [3.05, 3.63) is 27.7 Å². The predicted molar refractivity (Wildman–Crippen MR) is 99.6 cm³/mol. The van der Waals surface area contributed by atoms with Crippen molar-refractivity contribution < 1.29 is 14.3 Å². The topological polar surface area (TPSA) is 53.1 Å². The fourth-order valence-corrected chi connectivity index (χ4v) is 3.76. The van der Waals surface area contributed by atoms with Crippen LogP contribution in [0.4, 0.5) is 15.3 Å². The first-order valence-electron chi connectivity index (χ1n) is 8.47. The van der Waals surface area contributed by atoms with E-state index in [1.54, 1.807) is 14.7 Å².